The number of amides is 1. The van der Waals surface area contributed by atoms with Crippen LogP contribution in [0, 0.1) is 0 Å². The molecule has 2 heterocycles. The van der Waals surface area contributed by atoms with Gasteiger partial charge in [-0.3, -0.25) is 9.78 Å². The van der Waals surface area contributed by atoms with Gasteiger partial charge in [0, 0.05) is 26.0 Å². The number of pyridine rings is 1. The second-order valence-electron chi connectivity index (χ2n) is 3.65. The molecule has 1 aromatic heterocycles. The number of carbonyl (C=O) groups is 1. The SMILES string of the molecule is [B]c1cncc(C2CCN(C)C2=O)c1. The lowest BCUT2D eigenvalue weighted by molar-refractivity contribution is -0.127. The van der Waals surface area contributed by atoms with E-state index in [0.717, 1.165) is 18.5 Å². The molecule has 0 saturated carbocycles. The third-order valence-electron chi connectivity index (χ3n) is 2.61. The van der Waals surface area contributed by atoms with Crippen molar-refractivity contribution in [2.24, 2.45) is 0 Å². The van der Waals surface area contributed by atoms with E-state index in [1.165, 1.54) is 0 Å². The maximum Gasteiger partial charge on any atom is 0.229 e. The molecule has 0 aromatic carbocycles. The molecule has 1 saturated heterocycles. The van der Waals surface area contributed by atoms with E-state index in [9.17, 15) is 4.79 Å². The van der Waals surface area contributed by atoms with Gasteiger partial charge in [-0.2, -0.15) is 0 Å². The predicted molar refractivity (Wildman–Crippen MR) is 54.6 cm³/mol. The first-order valence-electron chi connectivity index (χ1n) is 4.64. The molecule has 3 nitrogen and oxygen atoms in total. The molecule has 1 aliphatic heterocycles. The van der Waals surface area contributed by atoms with E-state index in [2.05, 4.69) is 4.98 Å². The van der Waals surface area contributed by atoms with Crippen LogP contribution in [0.5, 0.6) is 0 Å². The lowest BCUT2D eigenvalue weighted by Gasteiger charge is -2.10. The molecular formula is C10H11BN2O. The molecule has 1 fully saturated rings. The van der Waals surface area contributed by atoms with E-state index in [1.807, 2.05) is 13.1 Å². The van der Waals surface area contributed by atoms with Gasteiger partial charge in [-0.1, -0.05) is 11.5 Å². The average molecular weight is 186 g/mol. The first-order valence-corrected chi connectivity index (χ1v) is 4.64. The summed E-state index contributed by atoms with van der Waals surface area (Å²) in [6.45, 7) is 0.818. The van der Waals surface area contributed by atoms with Crippen LogP contribution in [0.25, 0.3) is 0 Å². The molecule has 1 aliphatic rings. The summed E-state index contributed by atoms with van der Waals surface area (Å²) in [6, 6.07) is 1.83. The minimum Gasteiger partial charge on any atom is -0.345 e. The van der Waals surface area contributed by atoms with Crippen molar-refractivity contribution in [1.29, 1.82) is 0 Å². The summed E-state index contributed by atoms with van der Waals surface area (Å²) in [4.78, 5) is 17.4. The fourth-order valence-electron chi connectivity index (χ4n) is 1.80. The Hall–Kier alpha value is -1.32. The molecule has 0 N–H and O–H groups in total. The van der Waals surface area contributed by atoms with Crippen molar-refractivity contribution in [2.75, 3.05) is 13.6 Å². The number of hydrogen-bond donors (Lipinski definition) is 0. The number of rotatable bonds is 1. The molecule has 0 bridgehead atoms. The van der Waals surface area contributed by atoms with Gasteiger partial charge in [0.2, 0.25) is 5.91 Å². The van der Waals surface area contributed by atoms with Crippen molar-refractivity contribution in [3.05, 3.63) is 24.0 Å². The highest BCUT2D eigenvalue weighted by atomic mass is 16.2. The van der Waals surface area contributed by atoms with E-state index in [0.29, 0.717) is 5.46 Å². The Labute approximate surface area is 84.5 Å². The zero-order chi connectivity index (χ0) is 10.1. The summed E-state index contributed by atoms with van der Waals surface area (Å²) >= 11 is 0. The maximum atomic E-state index is 11.7. The van der Waals surface area contributed by atoms with Crippen molar-refractivity contribution < 1.29 is 4.79 Å². The van der Waals surface area contributed by atoms with Gasteiger partial charge in [0.15, 0.2) is 0 Å². The Bertz CT molecular complexity index is 367. The highest BCUT2D eigenvalue weighted by Gasteiger charge is 2.30. The standard InChI is InChI=1S/C10H11BN2O/c1-13-3-2-9(10(13)14)7-4-8(11)6-12-5-7/h4-6,9H,2-3H2,1H3. The first-order chi connectivity index (χ1) is 6.68. The van der Waals surface area contributed by atoms with Gasteiger partial charge in [0.25, 0.3) is 0 Å². The van der Waals surface area contributed by atoms with Gasteiger partial charge in [-0.25, -0.2) is 0 Å². The molecule has 2 radical (unpaired) electrons. The van der Waals surface area contributed by atoms with Gasteiger partial charge in [0.1, 0.15) is 7.85 Å². The summed E-state index contributed by atoms with van der Waals surface area (Å²) in [5.41, 5.74) is 1.55. The highest BCUT2D eigenvalue weighted by molar-refractivity contribution is 6.32. The van der Waals surface area contributed by atoms with E-state index in [4.69, 9.17) is 7.85 Å². The van der Waals surface area contributed by atoms with Crippen LogP contribution in [0.4, 0.5) is 0 Å². The van der Waals surface area contributed by atoms with Crippen LogP contribution >= 0.6 is 0 Å². The third-order valence-corrected chi connectivity index (χ3v) is 2.61. The normalized spacial score (nSPS) is 21.6. The van der Waals surface area contributed by atoms with Crippen molar-refractivity contribution >= 4 is 19.2 Å². The molecule has 1 aromatic rings. The second-order valence-corrected chi connectivity index (χ2v) is 3.65. The van der Waals surface area contributed by atoms with E-state index in [-0.39, 0.29) is 11.8 Å². The van der Waals surface area contributed by atoms with Crippen LogP contribution in [-0.4, -0.2) is 37.2 Å². The zero-order valence-electron chi connectivity index (χ0n) is 8.10. The maximum absolute atomic E-state index is 11.7. The summed E-state index contributed by atoms with van der Waals surface area (Å²) in [7, 11) is 7.44. The van der Waals surface area contributed by atoms with Crippen molar-refractivity contribution in [3.63, 3.8) is 0 Å². The van der Waals surface area contributed by atoms with Crippen molar-refractivity contribution in [3.8, 4) is 0 Å². The van der Waals surface area contributed by atoms with Crippen molar-refractivity contribution in [2.45, 2.75) is 12.3 Å². The molecule has 1 amide bonds. The topological polar surface area (TPSA) is 33.2 Å². The number of nitrogens with zero attached hydrogens (tertiary/aromatic N) is 2. The van der Waals surface area contributed by atoms with Gasteiger partial charge in [-0.15, -0.1) is 0 Å². The second kappa shape index (κ2) is 3.44. The zero-order valence-corrected chi connectivity index (χ0v) is 8.10. The Kier molecular flexibility index (Phi) is 2.27. The smallest absolute Gasteiger partial charge is 0.229 e. The minimum absolute atomic E-state index is 0.0454. The largest absolute Gasteiger partial charge is 0.345 e. The fraction of sp³-hybridized carbons (Fsp3) is 0.400. The molecule has 1 unspecified atom stereocenters. The third kappa shape index (κ3) is 1.52. The summed E-state index contributed by atoms with van der Waals surface area (Å²) in [5.74, 6) is 0.119. The lowest BCUT2D eigenvalue weighted by atomic mass is 9.92. The van der Waals surface area contributed by atoms with Crippen LogP contribution in [0.1, 0.15) is 17.9 Å². The molecule has 4 heteroatoms. The number of hydrogen-bond acceptors (Lipinski definition) is 2. The van der Waals surface area contributed by atoms with Crippen LogP contribution in [0.3, 0.4) is 0 Å². The van der Waals surface area contributed by atoms with Gasteiger partial charge < -0.3 is 4.90 Å². The van der Waals surface area contributed by atoms with Gasteiger partial charge >= 0.3 is 0 Å². The molecule has 0 spiro atoms. The molecular weight excluding hydrogens is 175 g/mol. The van der Waals surface area contributed by atoms with E-state index < -0.39 is 0 Å². The fourth-order valence-corrected chi connectivity index (χ4v) is 1.80. The monoisotopic (exact) mass is 186 g/mol. The van der Waals surface area contributed by atoms with E-state index >= 15 is 0 Å². The molecule has 0 aliphatic carbocycles. The van der Waals surface area contributed by atoms with Crippen molar-refractivity contribution in [1.82, 2.24) is 9.88 Å². The Morgan fingerprint density at radius 2 is 2.36 bits per heavy atom. The minimum atomic E-state index is -0.0454. The van der Waals surface area contributed by atoms with Gasteiger partial charge in [-0.05, 0) is 12.0 Å². The molecule has 1 atom stereocenters. The Morgan fingerprint density at radius 3 is 2.93 bits per heavy atom. The quantitative estimate of drug-likeness (QED) is 0.570. The van der Waals surface area contributed by atoms with Gasteiger partial charge in [0.05, 0.1) is 5.92 Å². The van der Waals surface area contributed by atoms with Crippen LogP contribution < -0.4 is 5.46 Å². The Balaban J connectivity index is 2.28. The predicted octanol–water partition coefficient (Wildman–Crippen LogP) is -0.179. The number of aromatic nitrogens is 1. The van der Waals surface area contributed by atoms with Crippen LogP contribution in [0.2, 0.25) is 0 Å². The van der Waals surface area contributed by atoms with Crippen LogP contribution in [0.15, 0.2) is 18.5 Å². The number of likely N-dealkylation sites (N-methyl/N-ethyl adjacent to an activating group) is 1. The molecule has 70 valence electrons. The first kappa shape index (κ1) is 9.25. The number of likely N-dealkylation sites (tertiary alicyclic amines) is 1. The molecule has 2 rings (SSSR count). The summed E-state index contributed by atoms with van der Waals surface area (Å²) in [5, 5.41) is 0. The lowest BCUT2D eigenvalue weighted by Crippen LogP contribution is -2.22. The van der Waals surface area contributed by atoms with E-state index in [1.54, 1.807) is 17.3 Å². The Morgan fingerprint density at radius 1 is 1.57 bits per heavy atom. The van der Waals surface area contributed by atoms with Crippen LogP contribution in [-0.2, 0) is 4.79 Å². The highest BCUT2D eigenvalue weighted by Crippen LogP contribution is 2.26. The average Bonchev–Trinajstić information content (AvgIpc) is 2.48. The summed E-state index contributed by atoms with van der Waals surface area (Å²) in [6.07, 6.45) is 4.17. The number of carbonyl (C=O) groups excluding carboxylic acids is 1. The summed E-state index contributed by atoms with van der Waals surface area (Å²) < 4.78 is 0. The molecule has 14 heavy (non-hydrogen) atoms.